The van der Waals surface area contributed by atoms with E-state index in [1.165, 1.54) is 11.3 Å². The van der Waals surface area contributed by atoms with E-state index >= 15 is 0 Å². The zero-order valence-corrected chi connectivity index (χ0v) is 11.8. The topological polar surface area (TPSA) is 68.0 Å². The van der Waals surface area contributed by atoms with E-state index in [4.69, 9.17) is 5.73 Å². The summed E-state index contributed by atoms with van der Waals surface area (Å²) in [6, 6.07) is 0. The molecule has 1 saturated carbocycles. The lowest BCUT2D eigenvalue weighted by Gasteiger charge is -2.22. The van der Waals surface area contributed by atoms with Crippen molar-refractivity contribution < 1.29 is 4.79 Å². The minimum absolute atomic E-state index is 0.0101. The molecule has 1 aromatic rings. The van der Waals surface area contributed by atoms with Crippen LogP contribution in [0, 0.1) is 0 Å². The number of hydrogen-bond donors (Lipinski definition) is 2. The molecular weight excluding hydrogens is 246 g/mol. The number of aromatic nitrogens is 1. The Bertz CT molecular complexity index is 422. The van der Waals surface area contributed by atoms with Crippen LogP contribution in [0.25, 0.3) is 0 Å². The first-order chi connectivity index (χ1) is 8.48. The van der Waals surface area contributed by atoms with Crippen LogP contribution in [0.5, 0.6) is 0 Å². The standard InChI is InChI=1S/C13H21N3OS/c1-9(2)10-8-18-12(15-10)16-11(17)7-13(14)5-3-4-6-13/h8-9H,3-7,14H2,1-2H3,(H,15,16,17). The van der Waals surface area contributed by atoms with Gasteiger partial charge in [0.15, 0.2) is 5.13 Å². The van der Waals surface area contributed by atoms with Gasteiger partial charge in [0.1, 0.15) is 0 Å². The van der Waals surface area contributed by atoms with Gasteiger partial charge >= 0.3 is 0 Å². The number of nitrogens with zero attached hydrogens (tertiary/aromatic N) is 1. The summed E-state index contributed by atoms with van der Waals surface area (Å²) in [6.45, 7) is 4.18. The van der Waals surface area contributed by atoms with E-state index in [0.717, 1.165) is 31.4 Å². The molecule has 5 heteroatoms. The smallest absolute Gasteiger partial charge is 0.228 e. The van der Waals surface area contributed by atoms with Crippen molar-refractivity contribution in [3.05, 3.63) is 11.1 Å². The zero-order valence-electron chi connectivity index (χ0n) is 11.0. The van der Waals surface area contributed by atoms with E-state index in [9.17, 15) is 4.79 Å². The van der Waals surface area contributed by atoms with Crippen LogP contribution < -0.4 is 11.1 Å². The van der Waals surface area contributed by atoms with E-state index in [-0.39, 0.29) is 11.4 Å². The molecule has 18 heavy (non-hydrogen) atoms. The lowest BCUT2D eigenvalue weighted by molar-refractivity contribution is -0.117. The third-order valence-corrected chi connectivity index (χ3v) is 4.25. The van der Waals surface area contributed by atoms with Crippen molar-refractivity contribution in [3.63, 3.8) is 0 Å². The van der Waals surface area contributed by atoms with Crippen LogP contribution in [0.1, 0.15) is 57.6 Å². The number of amides is 1. The van der Waals surface area contributed by atoms with Crippen molar-refractivity contribution in [3.8, 4) is 0 Å². The van der Waals surface area contributed by atoms with Crippen LogP contribution in [-0.2, 0) is 4.79 Å². The molecule has 0 radical (unpaired) electrons. The van der Waals surface area contributed by atoms with Crippen molar-refractivity contribution in [2.24, 2.45) is 5.73 Å². The maximum absolute atomic E-state index is 11.9. The summed E-state index contributed by atoms with van der Waals surface area (Å²) in [5.74, 6) is 0.381. The predicted octanol–water partition coefficient (Wildman–Crippen LogP) is 2.87. The quantitative estimate of drug-likeness (QED) is 0.881. The minimum atomic E-state index is -0.289. The molecule has 1 fully saturated rings. The lowest BCUT2D eigenvalue weighted by atomic mass is 9.94. The number of carbonyl (C=O) groups excluding carboxylic acids is 1. The fourth-order valence-electron chi connectivity index (χ4n) is 2.35. The molecule has 1 aliphatic rings. The van der Waals surface area contributed by atoms with Crippen LogP contribution in [-0.4, -0.2) is 16.4 Å². The van der Waals surface area contributed by atoms with Gasteiger partial charge in [0.25, 0.3) is 0 Å². The molecule has 0 bridgehead atoms. The molecule has 0 spiro atoms. The largest absolute Gasteiger partial charge is 0.325 e. The Kier molecular flexibility index (Phi) is 4.02. The molecule has 1 heterocycles. The number of nitrogens with two attached hydrogens (primary N) is 1. The van der Waals surface area contributed by atoms with Crippen molar-refractivity contribution in [1.29, 1.82) is 0 Å². The van der Waals surface area contributed by atoms with Crippen molar-refractivity contribution in [1.82, 2.24) is 4.98 Å². The van der Waals surface area contributed by atoms with Gasteiger partial charge in [-0.05, 0) is 18.8 Å². The fraction of sp³-hybridized carbons (Fsp3) is 0.692. The average molecular weight is 267 g/mol. The van der Waals surface area contributed by atoms with Crippen LogP contribution in [0.2, 0.25) is 0 Å². The first kappa shape index (κ1) is 13.5. The highest BCUT2D eigenvalue weighted by Crippen LogP contribution is 2.30. The van der Waals surface area contributed by atoms with Crippen molar-refractivity contribution >= 4 is 22.4 Å². The molecule has 4 nitrogen and oxygen atoms in total. The summed E-state index contributed by atoms with van der Waals surface area (Å²) in [5.41, 5.74) is 6.93. The van der Waals surface area contributed by atoms with E-state index < -0.39 is 0 Å². The highest BCUT2D eigenvalue weighted by molar-refractivity contribution is 7.13. The third kappa shape index (κ3) is 3.29. The monoisotopic (exact) mass is 267 g/mol. The minimum Gasteiger partial charge on any atom is -0.325 e. The Morgan fingerprint density at radius 2 is 2.22 bits per heavy atom. The molecule has 1 amide bonds. The van der Waals surface area contributed by atoms with E-state index in [1.807, 2.05) is 5.38 Å². The molecule has 0 unspecified atom stereocenters. The molecule has 3 N–H and O–H groups in total. The van der Waals surface area contributed by atoms with Crippen LogP contribution in [0.4, 0.5) is 5.13 Å². The van der Waals surface area contributed by atoms with Crippen LogP contribution in [0.3, 0.4) is 0 Å². The second kappa shape index (κ2) is 5.36. The summed E-state index contributed by atoms with van der Waals surface area (Å²) in [7, 11) is 0. The van der Waals surface area contributed by atoms with Gasteiger partial charge in [-0.2, -0.15) is 0 Å². The average Bonchev–Trinajstić information content (AvgIpc) is 2.87. The van der Waals surface area contributed by atoms with Crippen molar-refractivity contribution in [2.45, 2.75) is 57.4 Å². The summed E-state index contributed by atoms with van der Waals surface area (Å²) < 4.78 is 0. The Balaban J connectivity index is 1.90. The maximum Gasteiger partial charge on any atom is 0.228 e. The van der Waals surface area contributed by atoms with E-state index in [0.29, 0.717) is 17.5 Å². The van der Waals surface area contributed by atoms with Gasteiger partial charge in [-0.15, -0.1) is 11.3 Å². The summed E-state index contributed by atoms with van der Waals surface area (Å²) >= 11 is 1.48. The first-order valence-electron chi connectivity index (χ1n) is 6.53. The van der Waals surface area contributed by atoms with Crippen molar-refractivity contribution in [2.75, 3.05) is 5.32 Å². The molecular formula is C13H21N3OS. The number of anilines is 1. The number of nitrogens with one attached hydrogen (secondary N) is 1. The molecule has 0 saturated heterocycles. The molecule has 0 aromatic carbocycles. The Labute approximate surface area is 112 Å². The highest BCUT2D eigenvalue weighted by Gasteiger charge is 2.31. The van der Waals surface area contributed by atoms with Gasteiger partial charge in [-0.25, -0.2) is 4.98 Å². The first-order valence-corrected chi connectivity index (χ1v) is 7.41. The SMILES string of the molecule is CC(C)c1csc(NC(=O)CC2(N)CCCC2)n1. The number of hydrogen-bond acceptors (Lipinski definition) is 4. The number of thiazole rings is 1. The lowest BCUT2D eigenvalue weighted by Crippen LogP contribution is -2.40. The summed E-state index contributed by atoms with van der Waals surface area (Å²) in [4.78, 5) is 16.3. The molecule has 100 valence electrons. The molecule has 2 rings (SSSR count). The molecule has 0 atom stereocenters. The normalized spacial score (nSPS) is 18.2. The second-order valence-corrected chi connectivity index (χ2v) is 6.38. The van der Waals surface area contributed by atoms with Gasteiger partial charge in [-0.1, -0.05) is 26.7 Å². The predicted molar refractivity (Wildman–Crippen MR) is 74.8 cm³/mol. The molecule has 0 aliphatic heterocycles. The maximum atomic E-state index is 11.9. The van der Waals surface area contributed by atoms with Gasteiger partial charge < -0.3 is 11.1 Å². The summed E-state index contributed by atoms with van der Waals surface area (Å²) in [6.07, 6.45) is 4.59. The number of rotatable bonds is 4. The van der Waals surface area contributed by atoms with Crippen LogP contribution in [0.15, 0.2) is 5.38 Å². The Morgan fingerprint density at radius 1 is 1.56 bits per heavy atom. The highest BCUT2D eigenvalue weighted by atomic mass is 32.1. The van der Waals surface area contributed by atoms with Gasteiger partial charge in [0.05, 0.1) is 5.69 Å². The number of carbonyl (C=O) groups is 1. The van der Waals surface area contributed by atoms with Gasteiger partial charge in [-0.3, -0.25) is 4.79 Å². The zero-order chi connectivity index (χ0) is 13.2. The third-order valence-electron chi connectivity index (χ3n) is 3.47. The van der Waals surface area contributed by atoms with Gasteiger partial charge in [0.2, 0.25) is 5.91 Å². The molecule has 1 aliphatic carbocycles. The van der Waals surface area contributed by atoms with E-state index in [1.54, 1.807) is 0 Å². The van der Waals surface area contributed by atoms with Gasteiger partial charge in [0, 0.05) is 17.3 Å². The Hall–Kier alpha value is -0.940. The van der Waals surface area contributed by atoms with Crippen LogP contribution >= 0.6 is 11.3 Å². The second-order valence-electron chi connectivity index (χ2n) is 5.53. The Morgan fingerprint density at radius 3 is 2.78 bits per heavy atom. The molecule has 1 aromatic heterocycles. The fourth-order valence-corrected chi connectivity index (χ4v) is 3.24. The summed E-state index contributed by atoms with van der Waals surface area (Å²) in [5, 5.41) is 5.54. The van der Waals surface area contributed by atoms with E-state index in [2.05, 4.69) is 24.1 Å².